The molecule has 0 heterocycles. The molecule has 112 valence electrons. The summed E-state index contributed by atoms with van der Waals surface area (Å²) in [5.41, 5.74) is 0.0270. The fraction of sp³-hybridized carbons (Fsp3) is 0.533. The second-order valence-corrected chi connectivity index (χ2v) is 4.77. The summed E-state index contributed by atoms with van der Waals surface area (Å²) >= 11 is 0. The number of methoxy groups -OCH3 is 1. The first kappa shape index (κ1) is 16.5. The zero-order valence-electron chi connectivity index (χ0n) is 11.9. The van der Waals surface area contributed by atoms with Crippen LogP contribution in [0, 0.1) is 0 Å². The van der Waals surface area contributed by atoms with Crippen LogP contribution < -0.4 is 0 Å². The summed E-state index contributed by atoms with van der Waals surface area (Å²) in [5.74, 6) is -1.60. The van der Waals surface area contributed by atoms with E-state index >= 15 is 0 Å². The topological polar surface area (TPSA) is 26.3 Å². The smallest absolute Gasteiger partial charge is 0.416 e. The van der Waals surface area contributed by atoms with Crippen molar-refractivity contribution in [1.82, 2.24) is 0 Å². The predicted molar refractivity (Wildman–Crippen MR) is 70.5 cm³/mol. The number of ether oxygens (including phenoxy) is 1. The van der Waals surface area contributed by atoms with Gasteiger partial charge in [-0.05, 0) is 37.0 Å². The molecular weight excluding hydrogens is 269 g/mol. The summed E-state index contributed by atoms with van der Waals surface area (Å²) in [6, 6.07) is 4.01. The van der Waals surface area contributed by atoms with Crippen molar-refractivity contribution in [3.05, 3.63) is 34.9 Å². The number of benzene rings is 1. The van der Waals surface area contributed by atoms with Crippen LogP contribution in [-0.4, -0.2) is 13.1 Å². The summed E-state index contributed by atoms with van der Waals surface area (Å²) in [6.45, 7) is 3.45. The van der Waals surface area contributed by atoms with Crippen molar-refractivity contribution in [1.29, 1.82) is 0 Å². The van der Waals surface area contributed by atoms with Crippen LogP contribution in [0.25, 0.3) is 0 Å². The number of hydrogen-bond acceptors (Lipinski definition) is 2. The first-order valence-electron chi connectivity index (χ1n) is 6.59. The third kappa shape index (κ3) is 3.99. The van der Waals surface area contributed by atoms with Crippen LogP contribution in [0.1, 0.15) is 49.3 Å². The van der Waals surface area contributed by atoms with Gasteiger partial charge in [0.15, 0.2) is 0 Å². The molecule has 0 saturated carbocycles. The summed E-state index contributed by atoms with van der Waals surface area (Å²) in [7, 11) is 1.17. The van der Waals surface area contributed by atoms with Gasteiger partial charge in [-0.3, -0.25) is 4.79 Å². The minimum absolute atomic E-state index is 0.0158. The van der Waals surface area contributed by atoms with Crippen molar-refractivity contribution in [3.8, 4) is 0 Å². The van der Waals surface area contributed by atoms with E-state index in [2.05, 4.69) is 4.74 Å². The maximum atomic E-state index is 13.0. The van der Waals surface area contributed by atoms with Gasteiger partial charge in [-0.25, -0.2) is 0 Å². The summed E-state index contributed by atoms with van der Waals surface area (Å²) in [4.78, 5) is 11.5. The molecule has 0 N–H and O–H groups in total. The second-order valence-electron chi connectivity index (χ2n) is 4.77. The summed E-state index contributed by atoms with van der Waals surface area (Å²) < 4.78 is 43.6. The molecule has 0 bridgehead atoms. The zero-order chi connectivity index (χ0) is 15.3. The summed E-state index contributed by atoms with van der Waals surface area (Å²) in [5, 5.41) is 0. The highest BCUT2D eigenvalue weighted by molar-refractivity contribution is 5.78. The van der Waals surface area contributed by atoms with Gasteiger partial charge in [0.2, 0.25) is 0 Å². The van der Waals surface area contributed by atoms with E-state index in [0.29, 0.717) is 6.42 Å². The Bertz CT molecular complexity index is 467. The molecule has 0 saturated heterocycles. The van der Waals surface area contributed by atoms with Crippen molar-refractivity contribution >= 4 is 5.97 Å². The largest absolute Gasteiger partial charge is 0.469 e. The molecule has 1 atom stereocenters. The molecule has 0 aliphatic heterocycles. The Morgan fingerprint density at radius 3 is 2.50 bits per heavy atom. The number of rotatable bonds is 5. The van der Waals surface area contributed by atoms with E-state index in [1.54, 1.807) is 0 Å². The van der Waals surface area contributed by atoms with Crippen molar-refractivity contribution in [2.45, 2.75) is 45.2 Å². The van der Waals surface area contributed by atoms with E-state index in [9.17, 15) is 18.0 Å². The number of halogens is 3. The first-order valence-corrected chi connectivity index (χ1v) is 6.59. The van der Waals surface area contributed by atoms with Crippen LogP contribution in [0.2, 0.25) is 0 Å². The SMILES string of the molecule is CCCCc1ccc(C(F)(F)F)c(C(C)C(=O)OC)c1. The van der Waals surface area contributed by atoms with E-state index in [1.807, 2.05) is 6.92 Å². The van der Waals surface area contributed by atoms with Gasteiger partial charge in [-0.1, -0.05) is 25.5 Å². The molecule has 2 nitrogen and oxygen atoms in total. The van der Waals surface area contributed by atoms with Crippen molar-refractivity contribution in [3.63, 3.8) is 0 Å². The number of carbonyl (C=O) groups excluding carboxylic acids is 1. The lowest BCUT2D eigenvalue weighted by Crippen LogP contribution is -2.17. The molecule has 1 unspecified atom stereocenters. The van der Waals surface area contributed by atoms with Gasteiger partial charge in [0.1, 0.15) is 0 Å². The monoisotopic (exact) mass is 288 g/mol. The molecule has 0 amide bonds. The van der Waals surface area contributed by atoms with Gasteiger partial charge in [0.05, 0.1) is 18.6 Å². The molecule has 0 spiro atoms. The van der Waals surface area contributed by atoms with E-state index in [-0.39, 0.29) is 5.56 Å². The van der Waals surface area contributed by atoms with Crippen molar-refractivity contribution < 1.29 is 22.7 Å². The van der Waals surface area contributed by atoms with Gasteiger partial charge in [-0.2, -0.15) is 13.2 Å². The average Bonchev–Trinajstić information content (AvgIpc) is 2.42. The minimum Gasteiger partial charge on any atom is -0.469 e. The molecule has 0 aromatic heterocycles. The molecule has 1 aromatic rings. The molecular formula is C15H19F3O2. The second kappa shape index (κ2) is 6.77. The number of esters is 1. The Morgan fingerprint density at radius 2 is 2.00 bits per heavy atom. The molecule has 0 fully saturated rings. The Balaban J connectivity index is 3.22. The van der Waals surface area contributed by atoms with Gasteiger partial charge in [-0.15, -0.1) is 0 Å². The van der Waals surface area contributed by atoms with Crippen LogP contribution in [0.3, 0.4) is 0 Å². The lowest BCUT2D eigenvalue weighted by molar-refractivity contribution is -0.143. The number of alkyl halides is 3. The van der Waals surface area contributed by atoms with E-state index in [0.717, 1.165) is 24.5 Å². The predicted octanol–water partition coefficient (Wildman–Crippen LogP) is 4.32. The van der Waals surface area contributed by atoms with Crippen LogP contribution in [0.5, 0.6) is 0 Å². The number of hydrogen-bond donors (Lipinski definition) is 0. The fourth-order valence-corrected chi connectivity index (χ4v) is 2.07. The normalized spacial score (nSPS) is 13.1. The number of aryl methyl sites for hydroxylation is 1. The Hall–Kier alpha value is -1.52. The van der Waals surface area contributed by atoms with E-state index < -0.39 is 23.6 Å². The maximum absolute atomic E-state index is 13.0. The third-order valence-electron chi connectivity index (χ3n) is 3.26. The summed E-state index contributed by atoms with van der Waals surface area (Å²) in [6.07, 6.45) is -1.91. The van der Waals surface area contributed by atoms with Crippen molar-refractivity contribution in [2.24, 2.45) is 0 Å². The molecule has 0 aliphatic carbocycles. The minimum atomic E-state index is -4.47. The highest BCUT2D eigenvalue weighted by Crippen LogP contribution is 2.36. The van der Waals surface area contributed by atoms with Crippen LogP contribution in [0.15, 0.2) is 18.2 Å². The Kier molecular flexibility index (Phi) is 5.60. The highest BCUT2D eigenvalue weighted by Gasteiger charge is 2.36. The molecule has 20 heavy (non-hydrogen) atoms. The molecule has 0 radical (unpaired) electrons. The Morgan fingerprint density at radius 1 is 1.35 bits per heavy atom. The van der Waals surface area contributed by atoms with Gasteiger partial charge in [0.25, 0.3) is 0 Å². The molecule has 1 rings (SSSR count). The Labute approximate surface area is 116 Å². The zero-order valence-corrected chi connectivity index (χ0v) is 11.9. The molecule has 0 aliphatic rings. The molecule has 5 heteroatoms. The number of carbonyl (C=O) groups is 1. The van der Waals surface area contributed by atoms with Crippen LogP contribution in [0.4, 0.5) is 13.2 Å². The van der Waals surface area contributed by atoms with E-state index in [4.69, 9.17) is 0 Å². The van der Waals surface area contributed by atoms with Gasteiger partial charge < -0.3 is 4.74 Å². The molecule has 1 aromatic carbocycles. The first-order chi connectivity index (χ1) is 9.31. The lowest BCUT2D eigenvalue weighted by atomic mass is 9.92. The fourth-order valence-electron chi connectivity index (χ4n) is 2.07. The number of unbranched alkanes of at least 4 members (excludes halogenated alkanes) is 1. The quantitative estimate of drug-likeness (QED) is 0.754. The van der Waals surface area contributed by atoms with Crippen LogP contribution in [-0.2, 0) is 22.1 Å². The van der Waals surface area contributed by atoms with Gasteiger partial charge in [0, 0.05) is 0 Å². The highest BCUT2D eigenvalue weighted by atomic mass is 19.4. The van der Waals surface area contributed by atoms with E-state index in [1.165, 1.54) is 26.2 Å². The maximum Gasteiger partial charge on any atom is 0.416 e. The third-order valence-corrected chi connectivity index (χ3v) is 3.26. The van der Waals surface area contributed by atoms with Gasteiger partial charge >= 0.3 is 12.1 Å². The van der Waals surface area contributed by atoms with Crippen LogP contribution >= 0.6 is 0 Å². The lowest BCUT2D eigenvalue weighted by Gasteiger charge is -2.18. The average molecular weight is 288 g/mol. The van der Waals surface area contributed by atoms with Crippen molar-refractivity contribution in [2.75, 3.05) is 7.11 Å². The standard InChI is InChI=1S/C15H19F3O2/c1-4-5-6-11-7-8-13(15(16,17)18)12(9-11)10(2)14(19)20-3/h7-10H,4-6H2,1-3H3.